The molecule has 0 saturated heterocycles. The molecule has 2 aliphatic carbocycles. The van der Waals surface area contributed by atoms with Gasteiger partial charge in [0.05, 0.1) is 25.6 Å². The third-order valence-corrected chi connectivity index (χ3v) is 5.73. The van der Waals surface area contributed by atoms with Crippen LogP contribution >= 0.6 is 0 Å². The summed E-state index contributed by atoms with van der Waals surface area (Å²) < 4.78 is 10.2. The second-order valence-corrected chi connectivity index (χ2v) is 6.81. The number of aliphatic hydroxyl groups excluding tert-OH is 2. The van der Waals surface area contributed by atoms with Crippen molar-refractivity contribution in [1.29, 1.82) is 0 Å². The first kappa shape index (κ1) is 15.5. The van der Waals surface area contributed by atoms with Gasteiger partial charge in [-0.25, -0.2) is 4.79 Å². The number of hydrogen-bond donors (Lipinski definition) is 3. The zero-order valence-corrected chi connectivity index (χ0v) is 12.9. The fourth-order valence-corrected chi connectivity index (χ4v) is 4.58. The van der Waals surface area contributed by atoms with Crippen LogP contribution < -0.4 is 0 Å². The molecule has 6 atom stereocenters. The lowest BCUT2D eigenvalue weighted by molar-refractivity contribution is -0.220. The van der Waals surface area contributed by atoms with Gasteiger partial charge in [-0.05, 0) is 24.8 Å². The first-order valence-corrected chi connectivity index (χ1v) is 7.53. The van der Waals surface area contributed by atoms with E-state index in [-0.39, 0.29) is 5.76 Å². The fourth-order valence-electron chi connectivity index (χ4n) is 4.58. The fraction of sp³-hybridized carbons (Fsp3) is 0.688. The molecule has 2 aliphatic rings. The summed E-state index contributed by atoms with van der Waals surface area (Å²) in [4.78, 5) is 12.4. The van der Waals surface area contributed by atoms with Gasteiger partial charge in [0.2, 0.25) is 5.60 Å². The second-order valence-electron chi connectivity index (χ2n) is 6.81. The van der Waals surface area contributed by atoms with Crippen LogP contribution in [-0.4, -0.2) is 34.5 Å². The molecular weight excluding hydrogens is 288 g/mol. The monoisotopic (exact) mass is 310 g/mol. The molecule has 0 aliphatic heterocycles. The van der Waals surface area contributed by atoms with Gasteiger partial charge in [-0.1, -0.05) is 13.8 Å². The molecule has 0 bridgehead atoms. The van der Waals surface area contributed by atoms with Gasteiger partial charge in [0, 0.05) is 16.9 Å². The zero-order valence-electron chi connectivity index (χ0n) is 12.9. The average molecular weight is 310 g/mol. The molecule has 1 saturated carbocycles. The van der Waals surface area contributed by atoms with Gasteiger partial charge in [-0.15, -0.1) is 0 Å². The van der Waals surface area contributed by atoms with Crippen molar-refractivity contribution in [2.45, 2.75) is 44.5 Å². The number of fused-ring (bicyclic) bond motifs is 2. The smallest absolute Gasteiger partial charge is 0.346 e. The van der Waals surface area contributed by atoms with Gasteiger partial charge in [-0.2, -0.15) is 0 Å². The van der Waals surface area contributed by atoms with Gasteiger partial charge in [0.1, 0.15) is 0 Å². The van der Waals surface area contributed by atoms with Crippen LogP contribution in [0, 0.1) is 17.3 Å². The highest BCUT2D eigenvalue weighted by Crippen LogP contribution is 2.62. The van der Waals surface area contributed by atoms with Gasteiger partial charge in [-0.3, -0.25) is 0 Å². The molecule has 1 fully saturated rings. The van der Waals surface area contributed by atoms with Crippen molar-refractivity contribution in [3.63, 3.8) is 0 Å². The number of aliphatic hydroxyl groups is 3. The third-order valence-electron chi connectivity index (χ3n) is 5.73. The highest BCUT2D eigenvalue weighted by Gasteiger charge is 2.67. The number of esters is 1. The number of carbonyl (C=O) groups is 1. The van der Waals surface area contributed by atoms with E-state index in [4.69, 9.17) is 9.15 Å². The Morgan fingerprint density at radius 3 is 2.77 bits per heavy atom. The first-order chi connectivity index (χ1) is 10.3. The highest BCUT2D eigenvalue weighted by molar-refractivity contribution is 5.82. The molecule has 22 heavy (non-hydrogen) atoms. The molecule has 1 heterocycles. The van der Waals surface area contributed by atoms with Crippen LogP contribution in [0.3, 0.4) is 0 Å². The molecule has 1 aromatic heterocycles. The minimum atomic E-state index is -2.01. The Bertz CT molecular complexity index is 595. The summed E-state index contributed by atoms with van der Waals surface area (Å²) in [5.41, 5.74) is -2.35. The van der Waals surface area contributed by atoms with Crippen LogP contribution in [-0.2, 0) is 15.1 Å². The number of furan rings is 1. The summed E-state index contributed by atoms with van der Waals surface area (Å²) in [6.45, 7) is 3.62. The topological polar surface area (TPSA) is 100 Å². The minimum Gasteiger partial charge on any atom is -0.467 e. The Kier molecular flexibility index (Phi) is 3.39. The molecule has 3 N–H and O–H groups in total. The maximum Gasteiger partial charge on any atom is 0.346 e. The normalized spacial score (nSPS) is 44.1. The summed E-state index contributed by atoms with van der Waals surface area (Å²) in [5.74, 6) is -1.90. The van der Waals surface area contributed by atoms with E-state index in [1.807, 2.05) is 6.92 Å². The molecule has 3 rings (SSSR count). The van der Waals surface area contributed by atoms with E-state index in [0.717, 1.165) is 0 Å². The van der Waals surface area contributed by atoms with Crippen LogP contribution in [0.1, 0.15) is 44.1 Å². The van der Waals surface area contributed by atoms with Crippen LogP contribution in [0.15, 0.2) is 16.7 Å². The summed E-state index contributed by atoms with van der Waals surface area (Å²) in [6, 6.07) is 1.57. The second kappa shape index (κ2) is 4.81. The lowest BCUT2D eigenvalue weighted by Crippen LogP contribution is -2.61. The number of methoxy groups -OCH3 is 1. The average Bonchev–Trinajstić information content (AvgIpc) is 2.98. The van der Waals surface area contributed by atoms with Crippen molar-refractivity contribution in [3.8, 4) is 0 Å². The van der Waals surface area contributed by atoms with Crippen molar-refractivity contribution in [1.82, 2.24) is 0 Å². The van der Waals surface area contributed by atoms with E-state index < -0.39 is 41.0 Å². The van der Waals surface area contributed by atoms with Crippen molar-refractivity contribution >= 4 is 5.97 Å². The molecule has 0 spiro atoms. The lowest BCUT2D eigenvalue weighted by atomic mass is 9.50. The van der Waals surface area contributed by atoms with E-state index in [1.54, 1.807) is 13.0 Å². The molecule has 1 aromatic rings. The Labute approximate surface area is 128 Å². The third kappa shape index (κ3) is 1.68. The van der Waals surface area contributed by atoms with Crippen LogP contribution in [0.2, 0.25) is 0 Å². The summed E-state index contributed by atoms with van der Waals surface area (Å²) in [7, 11) is 1.20. The zero-order chi connectivity index (χ0) is 16.3. The molecule has 6 heteroatoms. The molecule has 0 amide bonds. The van der Waals surface area contributed by atoms with Crippen molar-refractivity contribution in [3.05, 3.63) is 23.7 Å². The quantitative estimate of drug-likeness (QED) is 0.672. The SMILES string of the molecule is COC(=O)C1(O)c2occc2C(O)C2(C)CCC(O)C(C)C12. The Balaban J connectivity index is 2.26. The summed E-state index contributed by atoms with van der Waals surface area (Å²) in [5, 5.41) is 32.3. The van der Waals surface area contributed by atoms with Crippen molar-refractivity contribution < 1.29 is 29.3 Å². The maximum atomic E-state index is 12.4. The van der Waals surface area contributed by atoms with E-state index in [2.05, 4.69) is 0 Å². The molecular formula is C16H22O6. The van der Waals surface area contributed by atoms with Crippen molar-refractivity contribution in [2.75, 3.05) is 7.11 Å². The van der Waals surface area contributed by atoms with Crippen LogP contribution in [0.5, 0.6) is 0 Å². The number of carbonyl (C=O) groups excluding carboxylic acids is 1. The van der Waals surface area contributed by atoms with Crippen LogP contribution in [0.4, 0.5) is 0 Å². The van der Waals surface area contributed by atoms with E-state index in [0.29, 0.717) is 18.4 Å². The van der Waals surface area contributed by atoms with Crippen molar-refractivity contribution in [2.24, 2.45) is 17.3 Å². The molecule has 6 unspecified atom stereocenters. The van der Waals surface area contributed by atoms with E-state index in [1.165, 1.54) is 13.4 Å². The summed E-state index contributed by atoms with van der Waals surface area (Å²) in [6.07, 6.45) is 0.831. The predicted molar refractivity (Wildman–Crippen MR) is 75.6 cm³/mol. The highest BCUT2D eigenvalue weighted by atomic mass is 16.5. The van der Waals surface area contributed by atoms with Crippen LogP contribution in [0.25, 0.3) is 0 Å². The summed E-state index contributed by atoms with van der Waals surface area (Å²) >= 11 is 0. The largest absolute Gasteiger partial charge is 0.467 e. The van der Waals surface area contributed by atoms with Gasteiger partial charge in [0.15, 0.2) is 5.76 Å². The Morgan fingerprint density at radius 2 is 2.14 bits per heavy atom. The predicted octanol–water partition coefficient (Wildman–Crippen LogP) is 1.10. The lowest BCUT2D eigenvalue weighted by Gasteiger charge is -2.56. The molecule has 122 valence electrons. The van der Waals surface area contributed by atoms with Gasteiger partial charge < -0.3 is 24.5 Å². The Hall–Kier alpha value is -1.37. The molecule has 6 nitrogen and oxygen atoms in total. The number of hydrogen-bond acceptors (Lipinski definition) is 6. The van der Waals surface area contributed by atoms with Gasteiger partial charge >= 0.3 is 5.97 Å². The Morgan fingerprint density at radius 1 is 1.45 bits per heavy atom. The minimum absolute atomic E-state index is 0.0234. The standard InChI is InChI=1S/C16H22O6/c1-8-10(17)4-6-15(2)11(8)16(20,14(19)21-3)13-9(12(15)18)5-7-22-13/h5,7-8,10-12,17-18,20H,4,6H2,1-3H3. The number of ether oxygens (including phenoxy) is 1. The van der Waals surface area contributed by atoms with E-state index in [9.17, 15) is 20.1 Å². The maximum absolute atomic E-state index is 12.4. The number of rotatable bonds is 1. The van der Waals surface area contributed by atoms with E-state index >= 15 is 0 Å². The first-order valence-electron chi connectivity index (χ1n) is 7.53. The molecule has 0 radical (unpaired) electrons. The van der Waals surface area contributed by atoms with Gasteiger partial charge in [0.25, 0.3) is 0 Å². The molecule has 0 aromatic carbocycles.